The van der Waals surface area contributed by atoms with E-state index in [0.29, 0.717) is 36.6 Å². The van der Waals surface area contributed by atoms with Crippen LogP contribution < -0.4 is 10.2 Å². The van der Waals surface area contributed by atoms with Gasteiger partial charge in [-0.15, -0.1) is 0 Å². The number of nitrogens with zero attached hydrogens (tertiary/aromatic N) is 3. The number of amides is 1. The zero-order valence-corrected chi connectivity index (χ0v) is 20.7. The van der Waals surface area contributed by atoms with Crippen molar-refractivity contribution in [3.8, 4) is 17.2 Å². The van der Waals surface area contributed by atoms with Crippen molar-refractivity contribution in [1.82, 2.24) is 15.3 Å². The molecule has 0 saturated heterocycles. The van der Waals surface area contributed by atoms with Crippen LogP contribution in [0.1, 0.15) is 53.0 Å². The van der Waals surface area contributed by atoms with Gasteiger partial charge < -0.3 is 9.15 Å². The van der Waals surface area contributed by atoms with Crippen LogP contribution in [0.2, 0.25) is 0 Å². The minimum absolute atomic E-state index is 0.0387. The van der Waals surface area contributed by atoms with Gasteiger partial charge in [0.2, 0.25) is 11.8 Å². The Morgan fingerprint density at radius 2 is 1.79 bits per heavy atom. The molecule has 1 aliphatic heterocycles. The Bertz CT molecular complexity index is 1160. The Kier molecular flexibility index (Phi) is 7.32. The number of benzene rings is 2. The van der Waals surface area contributed by atoms with Crippen LogP contribution in [0.4, 0.5) is 0 Å². The summed E-state index contributed by atoms with van der Waals surface area (Å²) in [6, 6.07) is 14.7. The monoisotopic (exact) mass is 462 g/mol. The first-order chi connectivity index (χ1) is 16.4. The highest BCUT2D eigenvalue weighted by Crippen LogP contribution is 2.28. The molecule has 34 heavy (non-hydrogen) atoms. The van der Waals surface area contributed by atoms with Gasteiger partial charge in [0.05, 0.1) is 5.71 Å². The maximum atomic E-state index is 11.7. The number of hydrazone groups is 1. The van der Waals surface area contributed by atoms with Crippen LogP contribution in [0.25, 0.3) is 22.6 Å². The smallest absolute Gasteiger partial charge is 0.240 e. The molecule has 2 aromatic carbocycles. The summed E-state index contributed by atoms with van der Waals surface area (Å²) < 4.78 is 12.0. The van der Waals surface area contributed by atoms with Gasteiger partial charge >= 0.3 is 0 Å². The summed E-state index contributed by atoms with van der Waals surface area (Å²) in [6.45, 7) is 12.4. The second-order valence-electron chi connectivity index (χ2n) is 9.34. The third kappa shape index (κ3) is 5.30. The molecule has 0 aliphatic carbocycles. The van der Waals surface area contributed by atoms with Crippen molar-refractivity contribution in [1.29, 1.82) is 0 Å². The molecule has 7 heteroatoms. The summed E-state index contributed by atoms with van der Waals surface area (Å²) in [4.78, 5) is 18.8. The van der Waals surface area contributed by atoms with Gasteiger partial charge in [-0.3, -0.25) is 9.69 Å². The number of carbonyl (C=O) groups is 1. The van der Waals surface area contributed by atoms with Crippen LogP contribution in [0.5, 0.6) is 5.75 Å². The van der Waals surface area contributed by atoms with E-state index in [9.17, 15) is 4.79 Å². The molecule has 0 bridgehead atoms. The van der Waals surface area contributed by atoms with Gasteiger partial charge in [0.25, 0.3) is 0 Å². The lowest BCUT2D eigenvalue weighted by Gasteiger charge is -2.30. The quantitative estimate of drug-likeness (QED) is 0.470. The molecule has 0 unspecified atom stereocenters. The second-order valence-corrected chi connectivity index (χ2v) is 9.34. The van der Waals surface area contributed by atoms with E-state index in [0.717, 1.165) is 41.1 Å². The largest absolute Gasteiger partial charge is 0.492 e. The molecule has 1 aliphatic rings. The van der Waals surface area contributed by atoms with Gasteiger partial charge in [0, 0.05) is 42.1 Å². The minimum atomic E-state index is -0.0387. The van der Waals surface area contributed by atoms with E-state index < -0.39 is 0 Å². The molecular formula is C27H34N4O3. The van der Waals surface area contributed by atoms with Crippen molar-refractivity contribution in [2.45, 2.75) is 59.5 Å². The zero-order chi connectivity index (χ0) is 24.2. The zero-order valence-electron chi connectivity index (χ0n) is 20.7. The average molecular weight is 463 g/mol. The van der Waals surface area contributed by atoms with Gasteiger partial charge in [-0.2, -0.15) is 5.10 Å². The highest BCUT2D eigenvalue weighted by Gasteiger charge is 2.24. The molecule has 1 atom stereocenters. The Hall–Kier alpha value is -3.19. The van der Waals surface area contributed by atoms with E-state index in [4.69, 9.17) is 9.15 Å². The molecule has 0 spiro atoms. The highest BCUT2D eigenvalue weighted by atomic mass is 16.5. The summed E-state index contributed by atoms with van der Waals surface area (Å²) >= 11 is 0. The lowest BCUT2D eigenvalue weighted by molar-refractivity contribution is -0.122. The van der Waals surface area contributed by atoms with Crippen LogP contribution in [-0.2, 0) is 4.79 Å². The number of hydrogen-bond acceptors (Lipinski definition) is 6. The first kappa shape index (κ1) is 24.0. The molecule has 0 fully saturated rings. The predicted octanol–water partition coefficient (Wildman–Crippen LogP) is 5.24. The van der Waals surface area contributed by atoms with Gasteiger partial charge in [0.15, 0.2) is 5.58 Å². The summed E-state index contributed by atoms with van der Waals surface area (Å²) in [5, 5.41) is 4.31. The Balaban J connectivity index is 1.46. The van der Waals surface area contributed by atoms with Crippen molar-refractivity contribution in [2.75, 3.05) is 13.2 Å². The van der Waals surface area contributed by atoms with Crippen LogP contribution in [0.15, 0.2) is 52.0 Å². The maximum absolute atomic E-state index is 11.7. The summed E-state index contributed by atoms with van der Waals surface area (Å²) in [7, 11) is 0. The van der Waals surface area contributed by atoms with E-state index in [2.05, 4.69) is 55.0 Å². The standard InChI is InChI=1S/C27H34N4O3/c1-6-19-16-25(32)29-30-26(19)21-9-12-23-24(15-21)34-27(28-23)20-7-10-22(11-8-20)33-14-13-31(17(2)3)18(4)5/h7-12,15,17-19H,6,13-14,16H2,1-5H3,(H,29,32)/t19-/m1/s1. The number of aromatic nitrogens is 1. The molecule has 180 valence electrons. The minimum Gasteiger partial charge on any atom is -0.492 e. The van der Waals surface area contributed by atoms with Gasteiger partial charge in [-0.05, 0) is 70.5 Å². The van der Waals surface area contributed by atoms with Crippen LogP contribution in [0.3, 0.4) is 0 Å². The number of ether oxygens (including phenoxy) is 1. The Labute approximate surface area is 201 Å². The average Bonchev–Trinajstić information content (AvgIpc) is 3.25. The second kappa shape index (κ2) is 10.4. The number of rotatable bonds is 9. The van der Waals surface area contributed by atoms with Crippen molar-refractivity contribution in [2.24, 2.45) is 11.0 Å². The lowest BCUT2D eigenvalue weighted by Crippen LogP contribution is -2.39. The maximum Gasteiger partial charge on any atom is 0.240 e. The van der Waals surface area contributed by atoms with Gasteiger partial charge in [-0.25, -0.2) is 10.4 Å². The molecule has 1 aromatic heterocycles. The van der Waals surface area contributed by atoms with Crippen LogP contribution >= 0.6 is 0 Å². The van der Waals surface area contributed by atoms with Crippen molar-refractivity contribution >= 4 is 22.7 Å². The first-order valence-electron chi connectivity index (χ1n) is 12.1. The van der Waals surface area contributed by atoms with E-state index in [1.165, 1.54) is 0 Å². The fourth-order valence-corrected chi connectivity index (χ4v) is 4.50. The fraction of sp³-hybridized carbons (Fsp3) is 0.444. The summed E-state index contributed by atoms with van der Waals surface area (Å²) in [5.41, 5.74) is 6.81. The molecule has 3 aromatic rings. The molecule has 2 heterocycles. The number of hydrogen-bond donors (Lipinski definition) is 1. The number of nitrogens with one attached hydrogen (secondary N) is 1. The fourth-order valence-electron chi connectivity index (χ4n) is 4.50. The Morgan fingerprint density at radius 1 is 1.09 bits per heavy atom. The van der Waals surface area contributed by atoms with Gasteiger partial charge in [-0.1, -0.05) is 13.0 Å². The third-order valence-electron chi connectivity index (χ3n) is 6.34. The molecule has 1 amide bonds. The van der Waals surface area contributed by atoms with E-state index >= 15 is 0 Å². The SMILES string of the molecule is CC[C@@H]1CC(=O)NN=C1c1ccc2nc(-c3ccc(OCCN(C(C)C)C(C)C)cc3)oc2c1. The molecule has 0 radical (unpaired) electrons. The molecule has 7 nitrogen and oxygen atoms in total. The Morgan fingerprint density at radius 3 is 2.47 bits per heavy atom. The summed E-state index contributed by atoms with van der Waals surface area (Å²) in [6.07, 6.45) is 1.31. The van der Waals surface area contributed by atoms with E-state index in [1.807, 2.05) is 42.5 Å². The van der Waals surface area contributed by atoms with Crippen LogP contribution in [-0.4, -0.2) is 46.7 Å². The first-order valence-corrected chi connectivity index (χ1v) is 12.1. The van der Waals surface area contributed by atoms with Crippen molar-refractivity contribution in [3.05, 3.63) is 48.0 Å². The molecule has 0 saturated carbocycles. The molecule has 4 rings (SSSR count). The predicted molar refractivity (Wildman–Crippen MR) is 135 cm³/mol. The van der Waals surface area contributed by atoms with Gasteiger partial charge in [0.1, 0.15) is 17.9 Å². The number of fused-ring (bicyclic) bond motifs is 1. The topological polar surface area (TPSA) is 80.0 Å². The van der Waals surface area contributed by atoms with E-state index in [1.54, 1.807) is 0 Å². The lowest BCUT2D eigenvalue weighted by atomic mass is 9.90. The number of carbonyl (C=O) groups excluding carboxylic acids is 1. The third-order valence-corrected chi connectivity index (χ3v) is 6.34. The normalized spacial score (nSPS) is 16.4. The van der Waals surface area contributed by atoms with Crippen molar-refractivity contribution in [3.63, 3.8) is 0 Å². The number of oxazole rings is 1. The van der Waals surface area contributed by atoms with Crippen LogP contribution in [0, 0.1) is 5.92 Å². The van der Waals surface area contributed by atoms with Crippen molar-refractivity contribution < 1.29 is 13.9 Å². The highest BCUT2D eigenvalue weighted by molar-refractivity contribution is 6.07. The molecule has 1 N–H and O–H groups in total. The van der Waals surface area contributed by atoms with E-state index in [-0.39, 0.29) is 11.8 Å². The molecular weight excluding hydrogens is 428 g/mol. The summed E-state index contributed by atoms with van der Waals surface area (Å²) in [5.74, 6) is 1.46.